The Morgan fingerprint density at radius 2 is 2.17 bits per heavy atom. The molecule has 0 saturated carbocycles. The van der Waals surface area contributed by atoms with Crippen LogP contribution in [-0.2, 0) is 4.65 Å². The summed E-state index contributed by atoms with van der Waals surface area (Å²) in [4.78, 5) is 10.7. The summed E-state index contributed by atoms with van der Waals surface area (Å²) in [6.07, 6.45) is -0.624. The van der Waals surface area contributed by atoms with E-state index in [1.165, 1.54) is 0 Å². The minimum absolute atomic E-state index is 0.581. The van der Waals surface area contributed by atoms with E-state index in [2.05, 4.69) is 9.97 Å². The normalized spacial score (nSPS) is 14.8. The summed E-state index contributed by atoms with van der Waals surface area (Å²) in [5.41, 5.74) is 1.18. The summed E-state index contributed by atoms with van der Waals surface area (Å²) in [5.74, 6) is 0. The Labute approximate surface area is 69.3 Å². The van der Waals surface area contributed by atoms with Gasteiger partial charge in [0.1, 0.15) is 0 Å². The van der Waals surface area contributed by atoms with Crippen LogP contribution in [0.25, 0.3) is 0 Å². The summed E-state index contributed by atoms with van der Waals surface area (Å²) in [5, 5.41) is 11.7. The highest BCUT2D eigenvalue weighted by molar-refractivity contribution is 6.64. The fourth-order valence-electron chi connectivity index (χ4n) is 1.13. The molecule has 12 heavy (non-hydrogen) atoms. The minimum atomic E-state index is -1.14. The van der Waals surface area contributed by atoms with Crippen molar-refractivity contribution in [2.24, 2.45) is 0 Å². The van der Waals surface area contributed by atoms with Crippen molar-refractivity contribution >= 4 is 24.4 Å². The first-order valence-electron chi connectivity index (χ1n) is 3.52. The molecule has 1 aliphatic heterocycles. The second kappa shape index (κ2) is 2.53. The van der Waals surface area contributed by atoms with Crippen LogP contribution in [0.2, 0.25) is 0 Å². The third-order valence-corrected chi connectivity index (χ3v) is 1.68. The van der Waals surface area contributed by atoms with Gasteiger partial charge < -0.3 is 9.68 Å². The average Bonchev–Trinajstić information content (AvgIpc) is 2.04. The number of carbonyl (C=O) groups is 1. The lowest BCUT2D eigenvalue weighted by atomic mass is 9.77. The first-order valence-corrected chi connectivity index (χ1v) is 3.52. The molecule has 0 aliphatic carbocycles. The fraction of sp³-hybridized carbons (Fsp3) is 0. The van der Waals surface area contributed by atoms with Gasteiger partial charge in [-0.1, -0.05) is 18.2 Å². The molecule has 1 aromatic rings. The Hall–Kier alpha value is -1.49. The van der Waals surface area contributed by atoms with Crippen LogP contribution in [0.4, 0.5) is 10.5 Å². The third kappa shape index (κ3) is 1.04. The van der Waals surface area contributed by atoms with Gasteiger partial charge in [-0.2, -0.15) is 0 Å². The standard InChI is InChI=1S/C7H6BNO3/c10-7-9-6-4-2-1-3-5(6)8(11)12-7/h1-4,11H,(H,9,10). The molecule has 1 aromatic carbocycles. The zero-order valence-electron chi connectivity index (χ0n) is 6.15. The number of anilines is 1. The molecule has 0 spiro atoms. The van der Waals surface area contributed by atoms with Crippen molar-refractivity contribution in [3.05, 3.63) is 24.3 Å². The predicted molar refractivity (Wildman–Crippen MR) is 44.2 cm³/mol. The summed E-state index contributed by atoms with van der Waals surface area (Å²) < 4.78 is 4.52. The zero-order chi connectivity index (χ0) is 8.55. The molecule has 1 aliphatic rings. The first-order chi connectivity index (χ1) is 5.77. The van der Waals surface area contributed by atoms with E-state index in [9.17, 15) is 9.82 Å². The van der Waals surface area contributed by atoms with Crippen LogP contribution < -0.4 is 10.8 Å². The Bertz CT molecular complexity index is 328. The van der Waals surface area contributed by atoms with Gasteiger partial charge in [0.2, 0.25) is 0 Å². The molecule has 4 nitrogen and oxygen atoms in total. The van der Waals surface area contributed by atoms with Crippen molar-refractivity contribution in [2.45, 2.75) is 0 Å². The van der Waals surface area contributed by atoms with E-state index in [1.807, 2.05) is 0 Å². The lowest BCUT2D eigenvalue weighted by Crippen LogP contribution is -2.44. The molecule has 0 fully saturated rings. The summed E-state index contributed by atoms with van der Waals surface area (Å²) in [6, 6.07) is 6.94. The third-order valence-electron chi connectivity index (χ3n) is 1.68. The number of carbonyl (C=O) groups excluding carboxylic acids is 1. The van der Waals surface area contributed by atoms with Crippen molar-refractivity contribution in [1.29, 1.82) is 0 Å². The molecule has 0 radical (unpaired) electrons. The van der Waals surface area contributed by atoms with Gasteiger partial charge >= 0.3 is 13.2 Å². The number of hydrogen-bond donors (Lipinski definition) is 2. The predicted octanol–water partition coefficient (Wildman–Crippen LogP) is -0.0638. The summed E-state index contributed by atoms with van der Waals surface area (Å²) >= 11 is 0. The number of para-hydroxylation sites is 1. The van der Waals surface area contributed by atoms with Crippen molar-refractivity contribution in [3.8, 4) is 0 Å². The Morgan fingerprint density at radius 1 is 1.42 bits per heavy atom. The zero-order valence-corrected chi connectivity index (χ0v) is 6.15. The molecule has 0 saturated heterocycles. The molecular formula is C7H6BNO3. The van der Waals surface area contributed by atoms with E-state index in [1.54, 1.807) is 24.3 Å². The van der Waals surface area contributed by atoms with Gasteiger partial charge in [0.25, 0.3) is 0 Å². The molecule has 0 aromatic heterocycles. The van der Waals surface area contributed by atoms with Gasteiger partial charge in [-0.15, -0.1) is 0 Å². The van der Waals surface area contributed by atoms with Gasteiger partial charge in [0, 0.05) is 11.2 Å². The van der Waals surface area contributed by atoms with Gasteiger partial charge in [-0.3, -0.25) is 5.32 Å². The van der Waals surface area contributed by atoms with Crippen LogP contribution in [0.3, 0.4) is 0 Å². The number of amides is 1. The smallest absolute Gasteiger partial charge is 0.489 e. The van der Waals surface area contributed by atoms with E-state index in [4.69, 9.17) is 0 Å². The van der Waals surface area contributed by atoms with Crippen molar-refractivity contribution in [3.63, 3.8) is 0 Å². The maximum atomic E-state index is 10.7. The van der Waals surface area contributed by atoms with Crippen molar-refractivity contribution in [1.82, 2.24) is 0 Å². The van der Waals surface area contributed by atoms with E-state index >= 15 is 0 Å². The number of hydrogen-bond acceptors (Lipinski definition) is 3. The highest BCUT2D eigenvalue weighted by Gasteiger charge is 2.29. The molecule has 0 unspecified atom stereocenters. The SMILES string of the molecule is O=C1Nc2ccccc2B(O)O1. The summed E-state index contributed by atoms with van der Waals surface area (Å²) in [7, 11) is -1.14. The van der Waals surface area contributed by atoms with Crippen molar-refractivity contribution in [2.75, 3.05) is 5.32 Å². The van der Waals surface area contributed by atoms with Crippen LogP contribution in [0.5, 0.6) is 0 Å². The molecule has 0 bridgehead atoms. The highest BCUT2D eigenvalue weighted by Crippen LogP contribution is 2.09. The second-order valence-electron chi connectivity index (χ2n) is 2.47. The molecule has 5 heteroatoms. The van der Waals surface area contributed by atoms with Gasteiger partial charge in [-0.05, 0) is 6.07 Å². The number of benzene rings is 1. The lowest BCUT2D eigenvalue weighted by Gasteiger charge is -2.18. The Kier molecular flexibility index (Phi) is 1.51. The lowest BCUT2D eigenvalue weighted by molar-refractivity contribution is 0.207. The molecule has 1 heterocycles. The minimum Gasteiger partial charge on any atom is -0.489 e. The van der Waals surface area contributed by atoms with Gasteiger partial charge in [0.15, 0.2) is 0 Å². The summed E-state index contributed by atoms with van der Waals surface area (Å²) in [6.45, 7) is 0. The Morgan fingerprint density at radius 3 is 3.00 bits per heavy atom. The van der Waals surface area contributed by atoms with Crippen LogP contribution in [-0.4, -0.2) is 18.2 Å². The Balaban J connectivity index is 2.47. The molecule has 60 valence electrons. The van der Waals surface area contributed by atoms with E-state index < -0.39 is 13.2 Å². The van der Waals surface area contributed by atoms with E-state index in [0.29, 0.717) is 11.2 Å². The molecular weight excluding hydrogens is 157 g/mol. The van der Waals surface area contributed by atoms with E-state index in [0.717, 1.165) is 0 Å². The van der Waals surface area contributed by atoms with Crippen LogP contribution >= 0.6 is 0 Å². The number of rotatable bonds is 0. The van der Waals surface area contributed by atoms with Crippen LogP contribution in [0.1, 0.15) is 0 Å². The fourth-order valence-corrected chi connectivity index (χ4v) is 1.13. The maximum Gasteiger partial charge on any atom is 0.565 e. The second-order valence-corrected chi connectivity index (χ2v) is 2.47. The number of fused-ring (bicyclic) bond motifs is 1. The van der Waals surface area contributed by atoms with E-state index in [-0.39, 0.29) is 0 Å². The topological polar surface area (TPSA) is 58.6 Å². The highest BCUT2D eigenvalue weighted by atomic mass is 16.6. The maximum absolute atomic E-state index is 10.7. The van der Waals surface area contributed by atoms with Crippen molar-refractivity contribution < 1.29 is 14.5 Å². The monoisotopic (exact) mass is 163 g/mol. The molecule has 2 N–H and O–H groups in total. The molecule has 2 rings (SSSR count). The average molecular weight is 163 g/mol. The van der Waals surface area contributed by atoms with Crippen LogP contribution in [0, 0.1) is 0 Å². The molecule has 0 atom stereocenters. The quantitative estimate of drug-likeness (QED) is 0.526. The first kappa shape index (κ1) is 7.18. The molecule has 1 amide bonds. The number of nitrogens with one attached hydrogen (secondary N) is 1. The van der Waals surface area contributed by atoms with Gasteiger partial charge in [0.05, 0.1) is 0 Å². The van der Waals surface area contributed by atoms with Crippen LogP contribution in [0.15, 0.2) is 24.3 Å². The van der Waals surface area contributed by atoms with Gasteiger partial charge in [-0.25, -0.2) is 4.79 Å². The largest absolute Gasteiger partial charge is 0.565 e.